The molecule has 1 aliphatic carbocycles. The fourth-order valence-corrected chi connectivity index (χ4v) is 4.59. The highest BCUT2D eigenvalue weighted by molar-refractivity contribution is 7.89. The Hall–Kier alpha value is -2.84. The summed E-state index contributed by atoms with van der Waals surface area (Å²) in [6.07, 6.45) is 5.18. The first-order valence-electron chi connectivity index (χ1n) is 9.80. The number of sulfonamides is 1. The predicted molar refractivity (Wildman–Crippen MR) is 113 cm³/mol. The van der Waals surface area contributed by atoms with Gasteiger partial charge < -0.3 is 9.47 Å². The fourth-order valence-electron chi connectivity index (χ4n) is 3.24. The summed E-state index contributed by atoms with van der Waals surface area (Å²) >= 11 is 0. The lowest BCUT2D eigenvalue weighted by Crippen LogP contribution is -2.30. The zero-order valence-corrected chi connectivity index (χ0v) is 17.9. The quantitative estimate of drug-likeness (QED) is 0.521. The summed E-state index contributed by atoms with van der Waals surface area (Å²) in [5, 5.41) is 4.26. The number of hydrogen-bond acceptors (Lipinski definition) is 5. The average molecular weight is 428 g/mol. The summed E-state index contributed by atoms with van der Waals surface area (Å²) in [5.74, 6) is 1.46. The smallest absolute Gasteiger partial charge is 0.246 e. The van der Waals surface area contributed by atoms with Crippen LogP contribution in [0.3, 0.4) is 0 Å². The highest BCUT2D eigenvalue weighted by Crippen LogP contribution is 2.35. The van der Waals surface area contributed by atoms with E-state index in [1.165, 1.54) is 10.5 Å². The van der Waals surface area contributed by atoms with Gasteiger partial charge >= 0.3 is 0 Å². The minimum Gasteiger partial charge on any atom is -0.497 e. The van der Waals surface area contributed by atoms with Gasteiger partial charge in [-0.25, -0.2) is 8.42 Å². The Morgan fingerprint density at radius 3 is 1.87 bits per heavy atom. The Bertz CT molecular complexity index is 1040. The first kappa shape index (κ1) is 20.4. The van der Waals surface area contributed by atoms with Crippen LogP contribution >= 0.6 is 0 Å². The van der Waals surface area contributed by atoms with E-state index in [1.807, 2.05) is 48.5 Å². The van der Waals surface area contributed by atoms with Gasteiger partial charge in [-0.1, -0.05) is 24.3 Å². The summed E-state index contributed by atoms with van der Waals surface area (Å²) in [4.78, 5) is 0.219. The van der Waals surface area contributed by atoms with Crippen molar-refractivity contribution in [1.29, 1.82) is 0 Å². The maximum Gasteiger partial charge on any atom is 0.246 e. The molecule has 2 aromatic carbocycles. The fraction of sp³-hybridized carbons (Fsp3) is 0.318. The first-order valence-corrected chi connectivity index (χ1v) is 11.2. The molecular weight excluding hydrogens is 402 g/mol. The van der Waals surface area contributed by atoms with Crippen LogP contribution in [0.25, 0.3) is 0 Å². The third-order valence-corrected chi connectivity index (χ3v) is 6.92. The standard InChI is InChI=1S/C22H25N3O4S/c1-28-20-9-3-17(4-10-20)14-24(15-18-5-11-21(29-2)12-6-18)30(26,27)22-13-23-25(16-22)19-7-8-19/h3-6,9-13,16,19H,7-8,14-15H2,1-2H3. The maximum absolute atomic E-state index is 13.5. The molecule has 4 rings (SSSR count). The summed E-state index contributed by atoms with van der Waals surface area (Å²) in [5.41, 5.74) is 1.75. The summed E-state index contributed by atoms with van der Waals surface area (Å²) in [6.45, 7) is 0.486. The molecule has 8 heteroatoms. The van der Waals surface area contributed by atoms with Crippen LogP contribution in [-0.2, 0) is 23.1 Å². The molecule has 0 unspecified atom stereocenters. The van der Waals surface area contributed by atoms with E-state index in [2.05, 4.69) is 5.10 Å². The highest BCUT2D eigenvalue weighted by Gasteiger charge is 2.30. The Balaban J connectivity index is 1.63. The molecule has 7 nitrogen and oxygen atoms in total. The van der Waals surface area contributed by atoms with E-state index in [4.69, 9.17) is 9.47 Å². The number of rotatable bonds is 9. The maximum atomic E-state index is 13.5. The molecule has 158 valence electrons. The minimum absolute atomic E-state index is 0.219. The molecule has 30 heavy (non-hydrogen) atoms. The van der Waals surface area contributed by atoms with Gasteiger partial charge in [0.05, 0.1) is 26.5 Å². The highest BCUT2D eigenvalue weighted by atomic mass is 32.2. The van der Waals surface area contributed by atoms with Gasteiger partial charge in [0.25, 0.3) is 0 Å². The molecule has 0 saturated heterocycles. The Labute approximate surface area is 176 Å². The number of ether oxygens (including phenoxy) is 2. The molecule has 0 N–H and O–H groups in total. The Kier molecular flexibility index (Phi) is 5.78. The molecule has 1 fully saturated rings. The molecule has 0 aliphatic heterocycles. The van der Waals surface area contributed by atoms with E-state index < -0.39 is 10.0 Å². The number of aromatic nitrogens is 2. The van der Waals surface area contributed by atoms with Crippen molar-refractivity contribution in [2.75, 3.05) is 14.2 Å². The second-order valence-electron chi connectivity index (χ2n) is 7.36. The number of hydrogen-bond donors (Lipinski definition) is 0. The van der Waals surface area contributed by atoms with E-state index >= 15 is 0 Å². The molecule has 3 aromatic rings. The van der Waals surface area contributed by atoms with E-state index in [0.29, 0.717) is 6.04 Å². The van der Waals surface area contributed by atoms with Crippen molar-refractivity contribution < 1.29 is 17.9 Å². The Morgan fingerprint density at radius 1 is 0.933 bits per heavy atom. The lowest BCUT2D eigenvalue weighted by Gasteiger charge is -2.22. The van der Waals surface area contributed by atoms with Crippen LogP contribution in [0.15, 0.2) is 65.8 Å². The third kappa shape index (κ3) is 4.49. The second kappa shape index (κ2) is 8.49. The van der Waals surface area contributed by atoms with Gasteiger partial charge in [-0.05, 0) is 48.2 Å². The van der Waals surface area contributed by atoms with Crippen molar-refractivity contribution in [2.45, 2.75) is 36.9 Å². The minimum atomic E-state index is -3.73. The number of methoxy groups -OCH3 is 2. The van der Waals surface area contributed by atoms with E-state index in [0.717, 1.165) is 35.5 Å². The first-order chi connectivity index (χ1) is 14.5. The van der Waals surface area contributed by atoms with Crippen molar-refractivity contribution in [3.05, 3.63) is 72.1 Å². The summed E-state index contributed by atoms with van der Waals surface area (Å²) in [7, 11) is -0.518. The van der Waals surface area contributed by atoms with Crippen molar-refractivity contribution in [2.24, 2.45) is 0 Å². The lowest BCUT2D eigenvalue weighted by molar-refractivity contribution is 0.397. The van der Waals surface area contributed by atoms with Gasteiger partial charge in [0.1, 0.15) is 16.4 Å². The third-order valence-electron chi connectivity index (χ3n) is 5.17. The SMILES string of the molecule is COc1ccc(CN(Cc2ccc(OC)cc2)S(=O)(=O)c2cnn(C3CC3)c2)cc1. The largest absolute Gasteiger partial charge is 0.497 e. The van der Waals surface area contributed by atoms with E-state index in [-0.39, 0.29) is 18.0 Å². The normalized spacial score (nSPS) is 14.1. The van der Waals surface area contributed by atoms with Crippen molar-refractivity contribution in [3.63, 3.8) is 0 Å². The van der Waals surface area contributed by atoms with Crippen LogP contribution in [-0.4, -0.2) is 36.7 Å². The van der Waals surface area contributed by atoms with Crippen LogP contribution in [0.4, 0.5) is 0 Å². The molecule has 1 saturated carbocycles. The van der Waals surface area contributed by atoms with Gasteiger partial charge in [0.2, 0.25) is 10.0 Å². The molecule has 0 bridgehead atoms. The Morgan fingerprint density at radius 2 is 1.43 bits per heavy atom. The molecule has 0 amide bonds. The molecule has 0 radical (unpaired) electrons. The van der Waals surface area contributed by atoms with E-state index in [9.17, 15) is 8.42 Å². The van der Waals surface area contributed by atoms with Gasteiger partial charge in [0.15, 0.2) is 0 Å². The zero-order valence-electron chi connectivity index (χ0n) is 17.1. The van der Waals surface area contributed by atoms with Gasteiger partial charge in [0, 0.05) is 19.3 Å². The molecule has 0 spiro atoms. The van der Waals surface area contributed by atoms with Crippen LogP contribution in [0.2, 0.25) is 0 Å². The van der Waals surface area contributed by atoms with Crippen LogP contribution in [0.1, 0.15) is 30.0 Å². The number of benzene rings is 2. The molecule has 1 heterocycles. The summed E-state index contributed by atoms with van der Waals surface area (Å²) in [6, 6.07) is 15.2. The topological polar surface area (TPSA) is 73.7 Å². The second-order valence-corrected chi connectivity index (χ2v) is 9.29. The van der Waals surface area contributed by atoms with Crippen LogP contribution in [0.5, 0.6) is 11.5 Å². The molecule has 0 atom stereocenters. The molecule has 1 aromatic heterocycles. The zero-order chi connectivity index (χ0) is 21.1. The summed E-state index contributed by atoms with van der Waals surface area (Å²) < 4.78 is 40.6. The van der Waals surface area contributed by atoms with Crippen molar-refractivity contribution >= 4 is 10.0 Å². The predicted octanol–water partition coefficient (Wildman–Crippen LogP) is 3.63. The van der Waals surface area contributed by atoms with Crippen molar-refractivity contribution in [1.82, 2.24) is 14.1 Å². The van der Waals surface area contributed by atoms with Gasteiger partial charge in [-0.15, -0.1) is 0 Å². The molecular formula is C22H25N3O4S. The molecule has 1 aliphatic rings. The van der Waals surface area contributed by atoms with Crippen LogP contribution < -0.4 is 9.47 Å². The number of nitrogens with zero attached hydrogens (tertiary/aromatic N) is 3. The van der Waals surface area contributed by atoms with Crippen molar-refractivity contribution in [3.8, 4) is 11.5 Å². The van der Waals surface area contributed by atoms with Gasteiger partial charge in [-0.2, -0.15) is 9.40 Å². The van der Waals surface area contributed by atoms with E-state index in [1.54, 1.807) is 25.1 Å². The van der Waals surface area contributed by atoms with Gasteiger partial charge in [-0.3, -0.25) is 4.68 Å². The monoisotopic (exact) mass is 427 g/mol. The average Bonchev–Trinajstić information content (AvgIpc) is 3.50. The lowest BCUT2D eigenvalue weighted by atomic mass is 10.2. The van der Waals surface area contributed by atoms with Crippen LogP contribution in [0, 0.1) is 0 Å².